The van der Waals surface area contributed by atoms with E-state index in [2.05, 4.69) is 16.9 Å². The summed E-state index contributed by atoms with van der Waals surface area (Å²) in [6.45, 7) is 4.09. The number of rotatable bonds is 11. The predicted octanol–water partition coefficient (Wildman–Crippen LogP) is 3.40. The Labute approximate surface area is 245 Å². The number of likely N-dealkylation sites (tertiary alicyclic amines) is 1. The lowest BCUT2D eigenvalue weighted by Crippen LogP contribution is -2.49. The number of hydrogen-bond donors (Lipinski definition) is 1. The second-order valence-electron chi connectivity index (χ2n) is 10.1. The number of esters is 1. The molecule has 1 aliphatic rings. The topological polar surface area (TPSA) is 120 Å². The van der Waals surface area contributed by atoms with Crippen molar-refractivity contribution < 1.29 is 41.8 Å². The monoisotopic (exact) mass is 600 g/mol. The van der Waals surface area contributed by atoms with E-state index in [1.165, 1.54) is 6.08 Å². The second-order valence-corrected chi connectivity index (χ2v) is 10.1. The van der Waals surface area contributed by atoms with Crippen molar-refractivity contribution in [3.63, 3.8) is 0 Å². The van der Waals surface area contributed by atoms with Gasteiger partial charge >= 0.3 is 5.97 Å². The van der Waals surface area contributed by atoms with Crippen LogP contribution in [0, 0.1) is 30.3 Å². The number of carbonyl (C=O) groups excluding carboxylic acids is 4. The van der Waals surface area contributed by atoms with Gasteiger partial charge in [0.1, 0.15) is 25.1 Å². The molecule has 43 heavy (non-hydrogen) atoms. The van der Waals surface area contributed by atoms with Crippen molar-refractivity contribution >= 4 is 34.6 Å². The summed E-state index contributed by atoms with van der Waals surface area (Å²) in [5.74, 6) is -7.61. The van der Waals surface area contributed by atoms with Gasteiger partial charge in [0.05, 0.1) is 17.5 Å². The SMILES string of the molecule is C=CCOC(=O)C[C@H](NC(=O)C1CCN(C(=O)c2nc3ccccc3n2C)CC1)C(=O)COc1c(C)c(F)cc(F)c1F. The predicted molar refractivity (Wildman–Crippen MR) is 149 cm³/mol. The molecule has 1 aliphatic heterocycles. The van der Waals surface area contributed by atoms with E-state index >= 15 is 0 Å². The first-order chi connectivity index (χ1) is 20.5. The Kier molecular flexibility index (Phi) is 9.84. The summed E-state index contributed by atoms with van der Waals surface area (Å²) < 4.78 is 53.5. The number of carbonyl (C=O) groups is 4. The van der Waals surface area contributed by atoms with Crippen molar-refractivity contribution in [3.8, 4) is 5.75 Å². The van der Waals surface area contributed by atoms with Crippen molar-refractivity contribution in [1.82, 2.24) is 19.8 Å². The van der Waals surface area contributed by atoms with Gasteiger partial charge < -0.3 is 24.3 Å². The molecule has 0 saturated carbocycles. The molecule has 1 saturated heterocycles. The van der Waals surface area contributed by atoms with Crippen LogP contribution in [0.2, 0.25) is 0 Å². The third kappa shape index (κ3) is 7.04. The van der Waals surface area contributed by atoms with Crippen LogP contribution in [-0.2, 0) is 26.2 Å². The first kappa shape index (κ1) is 31.3. The number of fused-ring (bicyclic) bond motifs is 1. The van der Waals surface area contributed by atoms with E-state index in [0.29, 0.717) is 11.6 Å². The molecule has 1 fully saturated rings. The van der Waals surface area contributed by atoms with E-state index in [-0.39, 0.29) is 49.8 Å². The molecular formula is C30H31F3N4O6. The van der Waals surface area contributed by atoms with Gasteiger partial charge in [-0.25, -0.2) is 13.8 Å². The summed E-state index contributed by atoms with van der Waals surface area (Å²) in [6, 6.07) is 6.29. The maximum absolute atomic E-state index is 14.2. The minimum Gasteiger partial charge on any atom is -0.482 e. The summed E-state index contributed by atoms with van der Waals surface area (Å²) in [4.78, 5) is 57.6. The Morgan fingerprint density at radius 1 is 1.14 bits per heavy atom. The fourth-order valence-electron chi connectivity index (χ4n) is 4.82. The highest BCUT2D eigenvalue weighted by molar-refractivity contribution is 5.95. The van der Waals surface area contributed by atoms with Gasteiger partial charge in [-0.3, -0.25) is 19.2 Å². The molecule has 0 unspecified atom stereocenters. The molecule has 2 heterocycles. The lowest BCUT2D eigenvalue weighted by molar-refractivity contribution is -0.145. The maximum atomic E-state index is 14.2. The number of aromatic nitrogens is 2. The quantitative estimate of drug-likeness (QED) is 0.204. The third-order valence-electron chi connectivity index (χ3n) is 7.29. The molecule has 0 spiro atoms. The fourth-order valence-corrected chi connectivity index (χ4v) is 4.82. The Bertz CT molecular complexity index is 1540. The molecule has 1 atom stereocenters. The first-order valence-corrected chi connectivity index (χ1v) is 13.6. The molecule has 1 aromatic heterocycles. The molecule has 13 heteroatoms. The second kappa shape index (κ2) is 13.5. The van der Waals surface area contributed by atoms with Gasteiger partial charge in [-0.15, -0.1) is 0 Å². The largest absolute Gasteiger partial charge is 0.482 e. The van der Waals surface area contributed by atoms with Crippen LogP contribution in [0.15, 0.2) is 43.0 Å². The van der Waals surface area contributed by atoms with E-state index in [0.717, 1.165) is 12.4 Å². The molecule has 228 valence electrons. The number of para-hydroxylation sites is 2. The number of piperidine rings is 1. The zero-order valence-electron chi connectivity index (χ0n) is 23.7. The normalized spacial score (nSPS) is 14.3. The highest BCUT2D eigenvalue weighted by atomic mass is 19.2. The van der Waals surface area contributed by atoms with Gasteiger partial charge in [-0.1, -0.05) is 24.8 Å². The summed E-state index contributed by atoms with van der Waals surface area (Å²) in [6.07, 6.45) is 1.33. The third-order valence-corrected chi connectivity index (χ3v) is 7.29. The summed E-state index contributed by atoms with van der Waals surface area (Å²) in [7, 11) is 1.75. The Morgan fingerprint density at radius 3 is 2.51 bits per heavy atom. The fraction of sp³-hybridized carbons (Fsp3) is 0.367. The van der Waals surface area contributed by atoms with E-state index in [1.54, 1.807) is 16.5 Å². The molecule has 2 amide bonds. The van der Waals surface area contributed by atoms with E-state index in [9.17, 15) is 32.3 Å². The minimum atomic E-state index is -1.50. The number of hydrogen-bond acceptors (Lipinski definition) is 7. The van der Waals surface area contributed by atoms with Gasteiger partial charge in [0.25, 0.3) is 5.91 Å². The number of nitrogens with one attached hydrogen (secondary N) is 1. The molecule has 10 nitrogen and oxygen atoms in total. The summed E-state index contributed by atoms with van der Waals surface area (Å²) in [5, 5.41) is 2.53. The standard InChI is InChI=1S/C30H31F3N4O6/c1-4-13-42-25(39)15-22(24(38)16-43-27-17(2)19(31)14-20(32)26(27)33)35-29(40)18-9-11-37(12-10-18)30(41)28-34-21-7-5-6-8-23(21)36(28)3/h4-8,14,18,22H,1,9-13,15-16H2,2-3H3,(H,35,40)/t22-/m0/s1. The minimum absolute atomic E-state index is 0.130. The van der Waals surface area contributed by atoms with E-state index in [1.807, 2.05) is 24.3 Å². The number of amides is 2. The van der Waals surface area contributed by atoms with E-state index < -0.39 is 65.8 Å². The van der Waals surface area contributed by atoms with Gasteiger partial charge in [-0.05, 0) is 31.9 Å². The van der Waals surface area contributed by atoms with Crippen molar-refractivity contribution in [3.05, 3.63) is 71.8 Å². The van der Waals surface area contributed by atoms with Crippen molar-refractivity contribution in [2.24, 2.45) is 13.0 Å². The molecule has 1 N–H and O–H groups in total. The number of nitrogens with zero attached hydrogens (tertiary/aromatic N) is 3. The molecule has 0 bridgehead atoms. The number of aryl methyl sites for hydroxylation is 1. The number of ether oxygens (including phenoxy) is 2. The lowest BCUT2D eigenvalue weighted by Gasteiger charge is -2.31. The Balaban J connectivity index is 1.40. The number of halogens is 3. The molecule has 2 aromatic carbocycles. The smallest absolute Gasteiger partial charge is 0.308 e. The van der Waals surface area contributed by atoms with Crippen molar-refractivity contribution in [2.45, 2.75) is 32.2 Å². The Hall–Kier alpha value is -4.68. The van der Waals surface area contributed by atoms with Crippen LogP contribution in [0.4, 0.5) is 13.2 Å². The van der Waals surface area contributed by atoms with Crippen LogP contribution < -0.4 is 10.1 Å². The highest BCUT2D eigenvalue weighted by Crippen LogP contribution is 2.27. The van der Waals surface area contributed by atoms with Crippen LogP contribution in [0.25, 0.3) is 11.0 Å². The lowest BCUT2D eigenvalue weighted by atomic mass is 9.95. The number of benzene rings is 2. The molecule has 4 rings (SSSR count). The van der Waals surface area contributed by atoms with Crippen LogP contribution in [0.3, 0.4) is 0 Å². The average molecular weight is 601 g/mol. The van der Waals surface area contributed by atoms with Gasteiger partial charge in [0.15, 0.2) is 23.2 Å². The van der Waals surface area contributed by atoms with Gasteiger partial charge in [0, 0.05) is 37.7 Å². The van der Waals surface area contributed by atoms with Crippen molar-refractivity contribution in [1.29, 1.82) is 0 Å². The zero-order chi connectivity index (χ0) is 31.3. The van der Waals surface area contributed by atoms with Crippen LogP contribution in [0.1, 0.15) is 35.4 Å². The van der Waals surface area contributed by atoms with E-state index in [4.69, 9.17) is 9.47 Å². The maximum Gasteiger partial charge on any atom is 0.308 e. The number of ketones is 1. The average Bonchev–Trinajstić information content (AvgIpc) is 3.34. The van der Waals surface area contributed by atoms with Crippen LogP contribution in [-0.4, -0.2) is 70.4 Å². The Morgan fingerprint density at radius 2 is 1.84 bits per heavy atom. The van der Waals surface area contributed by atoms with Crippen LogP contribution in [0.5, 0.6) is 5.75 Å². The van der Waals surface area contributed by atoms with Crippen molar-refractivity contribution in [2.75, 3.05) is 26.3 Å². The first-order valence-electron chi connectivity index (χ1n) is 13.6. The summed E-state index contributed by atoms with van der Waals surface area (Å²) in [5.41, 5.74) is 1.15. The van der Waals surface area contributed by atoms with Crippen LogP contribution >= 0.6 is 0 Å². The summed E-state index contributed by atoms with van der Waals surface area (Å²) >= 11 is 0. The molecular weight excluding hydrogens is 569 g/mol. The van der Waals surface area contributed by atoms with Gasteiger partial charge in [-0.2, -0.15) is 4.39 Å². The number of Topliss-reactive ketones (excluding diaryl/α,β-unsaturated/α-hetero) is 1. The molecule has 0 aliphatic carbocycles. The zero-order valence-corrected chi connectivity index (χ0v) is 23.7. The molecule has 0 radical (unpaired) electrons. The number of imidazole rings is 1. The van der Waals surface area contributed by atoms with Gasteiger partial charge in [0.2, 0.25) is 11.7 Å². The highest BCUT2D eigenvalue weighted by Gasteiger charge is 2.33. The molecule has 3 aromatic rings.